The molecule has 1 aromatic rings. The maximum atomic E-state index is 3.85. The summed E-state index contributed by atoms with van der Waals surface area (Å²) >= 11 is 0. The lowest BCUT2D eigenvalue weighted by molar-refractivity contribution is 0.243. The minimum atomic E-state index is 0.367. The van der Waals surface area contributed by atoms with E-state index in [0.29, 0.717) is 11.6 Å². The van der Waals surface area contributed by atoms with Crippen LogP contribution in [0.2, 0.25) is 0 Å². The Morgan fingerprint density at radius 2 is 2.00 bits per heavy atom. The van der Waals surface area contributed by atoms with Crippen molar-refractivity contribution < 1.29 is 0 Å². The summed E-state index contributed by atoms with van der Waals surface area (Å²) in [5.41, 5.74) is 3.40. The highest BCUT2D eigenvalue weighted by Crippen LogP contribution is 2.29. The fraction of sp³-hybridized carbons (Fsp3) is 0.647. The molecular weight excluding hydrogens is 232 g/mol. The first-order valence-corrected chi connectivity index (χ1v) is 7.83. The second-order valence-corrected chi connectivity index (χ2v) is 6.46. The van der Waals surface area contributed by atoms with Gasteiger partial charge in [0.25, 0.3) is 0 Å². The van der Waals surface area contributed by atoms with Crippen LogP contribution in [0.3, 0.4) is 0 Å². The lowest BCUT2D eigenvalue weighted by Crippen LogP contribution is -2.48. The third-order valence-electron chi connectivity index (χ3n) is 4.91. The molecule has 1 saturated carbocycles. The molecule has 104 valence electrons. The average Bonchev–Trinajstić information content (AvgIpc) is 2.46. The molecule has 19 heavy (non-hydrogen) atoms. The minimum Gasteiger partial charge on any atom is -0.310 e. The lowest BCUT2D eigenvalue weighted by Gasteiger charge is -2.37. The van der Waals surface area contributed by atoms with Crippen molar-refractivity contribution in [2.75, 3.05) is 13.1 Å². The van der Waals surface area contributed by atoms with Crippen LogP contribution in [-0.2, 0) is 6.42 Å². The average molecular weight is 258 g/mol. The van der Waals surface area contributed by atoms with Gasteiger partial charge in [0.1, 0.15) is 0 Å². The summed E-state index contributed by atoms with van der Waals surface area (Å²) in [6, 6.07) is 9.39. The highest BCUT2D eigenvalue weighted by molar-refractivity contribution is 5.32. The van der Waals surface area contributed by atoms with Crippen molar-refractivity contribution in [1.82, 2.24) is 10.6 Å². The molecule has 1 heterocycles. The van der Waals surface area contributed by atoms with E-state index in [4.69, 9.17) is 0 Å². The van der Waals surface area contributed by atoms with E-state index in [9.17, 15) is 0 Å². The van der Waals surface area contributed by atoms with Crippen molar-refractivity contribution in [2.45, 2.75) is 57.0 Å². The Morgan fingerprint density at radius 3 is 2.84 bits per heavy atom. The molecule has 2 aliphatic rings. The normalized spacial score (nSPS) is 25.8. The third kappa shape index (κ3) is 3.01. The van der Waals surface area contributed by atoms with Gasteiger partial charge < -0.3 is 10.6 Å². The van der Waals surface area contributed by atoms with E-state index in [2.05, 4.69) is 41.8 Å². The number of benzene rings is 1. The molecule has 1 aromatic carbocycles. The molecule has 0 amide bonds. The zero-order chi connectivity index (χ0) is 13.1. The van der Waals surface area contributed by atoms with Crippen LogP contribution in [-0.4, -0.2) is 18.6 Å². The number of hydrogen-bond acceptors (Lipinski definition) is 2. The smallest absolute Gasteiger partial charge is 0.0449 e. The quantitative estimate of drug-likeness (QED) is 0.870. The van der Waals surface area contributed by atoms with Gasteiger partial charge in [-0.15, -0.1) is 0 Å². The molecule has 2 heteroatoms. The molecule has 1 atom stereocenters. The Balaban J connectivity index is 1.64. The van der Waals surface area contributed by atoms with E-state index in [-0.39, 0.29) is 0 Å². The van der Waals surface area contributed by atoms with Gasteiger partial charge in [-0.25, -0.2) is 0 Å². The van der Waals surface area contributed by atoms with E-state index in [1.165, 1.54) is 49.7 Å². The van der Waals surface area contributed by atoms with Crippen molar-refractivity contribution in [3.8, 4) is 0 Å². The summed E-state index contributed by atoms with van der Waals surface area (Å²) in [4.78, 5) is 0. The van der Waals surface area contributed by atoms with Crippen LogP contribution in [0.5, 0.6) is 0 Å². The molecule has 0 radical (unpaired) electrons. The Labute approximate surface area is 117 Å². The van der Waals surface area contributed by atoms with Crippen LogP contribution in [0, 0.1) is 0 Å². The Kier molecular flexibility index (Phi) is 3.90. The molecule has 1 aliphatic carbocycles. The summed E-state index contributed by atoms with van der Waals surface area (Å²) in [5, 5.41) is 7.52. The number of hydrogen-bond donors (Lipinski definition) is 2. The summed E-state index contributed by atoms with van der Waals surface area (Å²) in [7, 11) is 0. The standard InChI is InChI=1S/C17H26N2/c1-17(10-5-2-6-11-17)19-13-16-15-8-4-3-7-14(15)9-12-18-16/h3-4,7-8,16,18-19H,2,5-6,9-13H2,1H3. The monoisotopic (exact) mass is 258 g/mol. The third-order valence-corrected chi connectivity index (χ3v) is 4.91. The molecular formula is C17H26N2. The SMILES string of the molecule is CC1(NCC2NCCc3ccccc32)CCCCC1. The first kappa shape index (κ1) is 13.1. The van der Waals surface area contributed by atoms with Crippen LogP contribution in [0.25, 0.3) is 0 Å². The predicted molar refractivity (Wildman–Crippen MR) is 80.4 cm³/mol. The summed E-state index contributed by atoms with van der Waals surface area (Å²) in [5.74, 6) is 0. The van der Waals surface area contributed by atoms with Gasteiger partial charge in [0.15, 0.2) is 0 Å². The van der Waals surface area contributed by atoms with E-state index in [1.807, 2.05) is 0 Å². The largest absolute Gasteiger partial charge is 0.310 e. The molecule has 1 aliphatic heterocycles. The zero-order valence-electron chi connectivity index (χ0n) is 12.0. The predicted octanol–water partition coefficient (Wildman–Crippen LogP) is 3.19. The van der Waals surface area contributed by atoms with Gasteiger partial charge in [-0.2, -0.15) is 0 Å². The van der Waals surface area contributed by atoms with Gasteiger partial charge in [-0.3, -0.25) is 0 Å². The first-order chi connectivity index (χ1) is 9.27. The van der Waals surface area contributed by atoms with Crippen molar-refractivity contribution in [3.05, 3.63) is 35.4 Å². The number of rotatable bonds is 3. The van der Waals surface area contributed by atoms with Gasteiger partial charge in [0, 0.05) is 18.1 Å². The molecule has 0 saturated heterocycles. The van der Waals surface area contributed by atoms with Crippen LogP contribution >= 0.6 is 0 Å². The van der Waals surface area contributed by atoms with Gasteiger partial charge in [0.2, 0.25) is 0 Å². The maximum Gasteiger partial charge on any atom is 0.0449 e. The van der Waals surface area contributed by atoms with Crippen LogP contribution in [0.15, 0.2) is 24.3 Å². The van der Waals surface area contributed by atoms with E-state index >= 15 is 0 Å². The fourth-order valence-corrected chi connectivity index (χ4v) is 3.63. The summed E-state index contributed by atoms with van der Waals surface area (Å²) in [6.07, 6.45) is 8.03. The molecule has 1 fully saturated rings. The topological polar surface area (TPSA) is 24.1 Å². The molecule has 2 N–H and O–H groups in total. The van der Waals surface area contributed by atoms with Gasteiger partial charge in [-0.1, -0.05) is 43.5 Å². The van der Waals surface area contributed by atoms with E-state index < -0.39 is 0 Å². The second kappa shape index (κ2) is 5.64. The van der Waals surface area contributed by atoms with Gasteiger partial charge in [-0.05, 0) is 43.9 Å². The Morgan fingerprint density at radius 1 is 1.21 bits per heavy atom. The first-order valence-electron chi connectivity index (χ1n) is 7.83. The fourth-order valence-electron chi connectivity index (χ4n) is 3.63. The molecule has 0 spiro atoms. The van der Waals surface area contributed by atoms with E-state index in [1.54, 1.807) is 0 Å². The molecule has 1 unspecified atom stereocenters. The molecule has 3 rings (SSSR count). The van der Waals surface area contributed by atoms with Gasteiger partial charge >= 0.3 is 0 Å². The zero-order valence-corrected chi connectivity index (χ0v) is 12.0. The molecule has 2 nitrogen and oxygen atoms in total. The van der Waals surface area contributed by atoms with Gasteiger partial charge in [0.05, 0.1) is 0 Å². The second-order valence-electron chi connectivity index (χ2n) is 6.46. The molecule has 0 aromatic heterocycles. The lowest BCUT2D eigenvalue weighted by atomic mass is 9.83. The Bertz CT molecular complexity index is 421. The van der Waals surface area contributed by atoms with Crippen molar-refractivity contribution in [1.29, 1.82) is 0 Å². The van der Waals surface area contributed by atoms with Crippen LogP contribution in [0.4, 0.5) is 0 Å². The molecule has 0 bridgehead atoms. The minimum absolute atomic E-state index is 0.367. The van der Waals surface area contributed by atoms with Crippen LogP contribution < -0.4 is 10.6 Å². The van der Waals surface area contributed by atoms with Crippen LogP contribution in [0.1, 0.15) is 56.2 Å². The highest BCUT2D eigenvalue weighted by Gasteiger charge is 2.28. The maximum absolute atomic E-state index is 3.85. The van der Waals surface area contributed by atoms with E-state index in [0.717, 1.165) is 13.1 Å². The Hall–Kier alpha value is -0.860. The summed E-state index contributed by atoms with van der Waals surface area (Å²) in [6.45, 7) is 4.58. The number of fused-ring (bicyclic) bond motifs is 1. The van der Waals surface area contributed by atoms with Crippen molar-refractivity contribution in [3.63, 3.8) is 0 Å². The number of nitrogens with one attached hydrogen (secondary N) is 2. The van der Waals surface area contributed by atoms with Crippen molar-refractivity contribution in [2.24, 2.45) is 0 Å². The summed E-state index contributed by atoms with van der Waals surface area (Å²) < 4.78 is 0. The van der Waals surface area contributed by atoms with Crippen molar-refractivity contribution >= 4 is 0 Å². The highest BCUT2D eigenvalue weighted by atomic mass is 15.0.